The molecule has 0 bridgehead atoms. The van der Waals surface area contributed by atoms with Gasteiger partial charge in [0.2, 0.25) is 0 Å². The first-order valence-corrected chi connectivity index (χ1v) is 8.40. The Hall–Kier alpha value is 0.137. The van der Waals surface area contributed by atoms with Crippen LogP contribution in [0, 0.1) is 5.92 Å². The van der Waals surface area contributed by atoms with Crippen LogP contribution in [0.4, 0.5) is 0 Å². The Morgan fingerprint density at radius 3 is 2.29 bits per heavy atom. The van der Waals surface area contributed by atoms with Crippen molar-refractivity contribution in [2.45, 2.75) is 51.9 Å². The van der Waals surface area contributed by atoms with E-state index >= 15 is 0 Å². The summed E-state index contributed by atoms with van der Waals surface area (Å²) in [6.07, 6.45) is 0.472. The van der Waals surface area contributed by atoms with Crippen molar-refractivity contribution in [3.8, 4) is 0 Å². The summed E-state index contributed by atoms with van der Waals surface area (Å²) in [5.74, 6) is 0.559. The van der Waals surface area contributed by atoms with Crippen molar-refractivity contribution in [2.75, 3.05) is 13.2 Å². The van der Waals surface area contributed by atoms with Crippen LogP contribution in [-0.4, -0.2) is 27.6 Å². The third-order valence-corrected chi connectivity index (χ3v) is 8.01. The van der Waals surface area contributed by atoms with Crippen molar-refractivity contribution in [3.05, 3.63) is 0 Å². The Morgan fingerprint density at radius 2 is 1.93 bits per heavy atom. The van der Waals surface area contributed by atoms with E-state index < -0.39 is 8.32 Å². The van der Waals surface area contributed by atoms with Crippen LogP contribution in [0.5, 0.6) is 0 Å². The van der Waals surface area contributed by atoms with E-state index in [4.69, 9.17) is 9.16 Å². The normalized spacial score (nSPS) is 24.9. The second kappa shape index (κ2) is 3.95. The molecule has 1 heterocycles. The molecule has 0 spiro atoms. The van der Waals surface area contributed by atoms with Gasteiger partial charge in [-0.05, 0) is 18.1 Å². The van der Waals surface area contributed by atoms with Crippen molar-refractivity contribution in [3.63, 3.8) is 0 Å². The van der Waals surface area contributed by atoms with Crippen LogP contribution in [0.25, 0.3) is 0 Å². The predicted molar refractivity (Wildman–Crippen MR) is 62.1 cm³/mol. The van der Waals surface area contributed by atoms with Crippen LogP contribution < -0.4 is 0 Å². The molecule has 14 heavy (non-hydrogen) atoms. The zero-order valence-corrected chi connectivity index (χ0v) is 11.4. The second-order valence-corrected chi connectivity index (χ2v) is 10.7. The highest BCUT2D eigenvalue weighted by atomic mass is 28.4. The van der Waals surface area contributed by atoms with Gasteiger partial charge in [-0.3, -0.25) is 0 Å². The minimum Gasteiger partial charge on any atom is -0.416 e. The van der Waals surface area contributed by atoms with E-state index in [0.29, 0.717) is 17.1 Å². The maximum absolute atomic E-state index is 6.12. The third-order valence-electron chi connectivity index (χ3n) is 3.51. The van der Waals surface area contributed by atoms with Gasteiger partial charge < -0.3 is 9.16 Å². The fourth-order valence-corrected chi connectivity index (χ4v) is 2.16. The Labute approximate surface area is 89.1 Å². The summed E-state index contributed by atoms with van der Waals surface area (Å²) in [5, 5.41) is 0.317. The van der Waals surface area contributed by atoms with Crippen molar-refractivity contribution in [1.29, 1.82) is 0 Å². The van der Waals surface area contributed by atoms with Gasteiger partial charge in [-0.1, -0.05) is 27.7 Å². The summed E-state index contributed by atoms with van der Waals surface area (Å²) in [6.45, 7) is 15.4. The average molecular weight is 216 g/mol. The highest BCUT2D eigenvalue weighted by Gasteiger charge is 2.38. The van der Waals surface area contributed by atoms with Gasteiger partial charge in [0.25, 0.3) is 0 Å². The molecule has 3 heteroatoms. The molecule has 2 atom stereocenters. The van der Waals surface area contributed by atoms with E-state index in [-0.39, 0.29) is 0 Å². The molecule has 1 aliphatic rings. The molecular weight excluding hydrogens is 192 g/mol. The predicted octanol–water partition coefficient (Wildman–Crippen LogP) is 3.04. The molecule has 1 saturated heterocycles. The maximum Gasteiger partial charge on any atom is 0.191 e. The molecular formula is C11H24O2Si. The number of hydrogen-bond acceptors (Lipinski definition) is 2. The van der Waals surface area contributed by atoms with Crippen molar-refractivity contribution >= 4 is 8.32 Å². The summed E-state index contributed by atoms with van der Waals surface area (Å²) < 4.78 is 11.4. The quantitative estimate of drug-likeness (QED) is 0.532. The lowest BCUT2D eigenvalue weighted by Gasteiger charge is -2.36. The highest BCUT2D eigenvalue weighted by molar-refractivity contribution is 6.74. The Morgan fingerprint density at radius 1 is 1.43 bits per heavy atom. The highest BCUT2D eigenvalue weighted by Crippen LogP contribution is 2.37. The molecule has 0 aromatic rings. The van der Waals surface area contributed by atoms with Crippen LogP contribution in [0.2, 0.25) is 18.1 Å². The fraction of sp³-hybridized carbons (Fsp3) is 1.00. The molecule has 0 aliphatic carbocycles. The molecule has 1 fully saturated rings. The monoisotopic (exact) mass is 216 g/mol. The van der Waals surface area contributed by atoms with Gasteiger partial charge in [-0.25, -0.2) is 0 Å². The molecule has 0 saturated carbocycles. The summed E-state index contributed by atoms with van der Waals surface area (Å²) in [4.78, 5) is 0. The van der Waals surface area contributed by atoms with Gasteiger partial charge in [0.15, 0.2) is 8.32 Å². The van der Waals surface area contributed by atoms with Gasteiger partial charge in [-0.2, -0.15) is 0 Å². The van der Waals surface area contributed by atoms with E-state index in [2.05, 4.69) is 40.8 Å². The number of hydrogen-bond donors (Lipinski definition) is 0. The molecule has 0 N–H and O–H groups in total. The molecule has 0 aromatic carbocycles. The van der Waals surface area contributed by atoms with Crippen molar-refractivity contribution < 1.29 is 9.16 Å². The van der Waals surface area contributed by atoms with Crippen LogP contribution in [0.1, 0.15) is 27.7 Å². The SMILES string of the molecule is C[C@H](CO[Si](C)(C)C(C)(C)C)[C@H]1CO1. The van der Waals surface area contributed by atoms with Crippen LogP contribution in [0.15, 0.2) is 0 Å². The van der Waals surface area contributed by atoms with Gasteiger partial charge in [0.05, 0.1) is 12.7 Å². The summed E-state index contributed by atoms with van der Waals surface area (Å²) in [5.41, 5.74) is 0. The lowest BCUT2D eigenvalue weighted by molar-refractivity contribution is 0.207. The minimum atomic E-state index is -1.54. The molecule has 0 radical (unpaired) electrons. The molecule has 1 rings (SSSR count). The first kappa shape index (κ1) is 12.2. The molecule has 1 aliphatic heterocycles. The number of ether oxygens (including phenoxy) is 1. The van der Waals surface area contributed by atoms with Crippen LogP contribution in [0.3, 0.4) is 0 Å². The average Bonchev–Trinajstić information content (AvgIpc) is 2.80. The van der Waals surface area contributed by atoms with E-state index in [1.807, 2.05) is 0 Å². The maximum atomic E-state index is 6.12. The molecule has 84 valence electrons. The minimum absolute atomic E-state index is 0.317. The van der Waals surface area contributed by atoms with E-state index in [0.717, 1.165) is 13.2 Å². The van der Waals surface area contributed by atoms with Crippen LogP contribution in [-0.2, 0) is 9.16 Å². The number of epoxide rings is 1. The zero-order valence-electron chi connectivity index (χ0n) is 10.4. The van der Waals surface area contributed by atoms with E-state index in [1.165, 1.54) is 0 Å². The standard InChI is InChI=1S/C11H24O2Si/c1-9(10-8-12-10)7-13-14(5,6)11(2,3)4/h9-10H,7-8H2,1-6H3/t9-,10-/m1/s1. The fourth-order valence-electron chi connectivity index (χ4n) is 1.05. The molecule has 0 aromatic heterocycles. The smallest absolute Gasteiger partial charge is 0.191 e. The van der Waals surface area contributed by atoms with Gasteiger partial charge in [-0.15, -0.1) is 0 Å². The van der Waals surface area contributed by atoms with Crippen LogP contribution >= 0.6 is 0 Å². The van der Waals surface area contributed by atoms with Crippen molar-refractivity contribution in [2.24, 2.45) is 5.92 Å². The number of rotatable bonds is 4. The first-order valence-electron chi connectivity index (χ1n) is 5.49. The Balaban J connectivity index is 2.35. The third kappa shape index (κ3) is 3.07. The van der Waals surface area contributed by atoms with Gasteiger partial charge in [0, 0.05) is 12.5 Å². The lowest BCUT2D eigenvalue weighted by atomic mass is 10.1. The Bertz CT molecular complexity index is 192. The largest absolute Gasteiger partial charge is 0.416 e. The Kier molecular flexibility index (Phi) is 3.44. The first-order chi connectivity index (χ1) is 6.24. The second-order valence-electron chi connectivity index (χ2n) is 5.92. The van der Waals surface area contributed by atoms with E-state index in [9.17, 15) is 0 Å². The lowest BCUT2D eigenvalue weighted by Crippen LogP contribution is -2.42. The van der Waals surface area contributed by atoms with Crippen molar-refractivity contribution in [1.82, 2.24) is 0 Å². The summed E-state index contributed by atoms with van der Waals surface area (Å²) in [7, 11) is -1.54. The van der Waals surface area contributed by atoms with Gasteiger partial charge >= 0.3 is 0 Å². The molecule has 2 nitrogen and oxygen atoms in total. The van der Waals surface area contributed by atoms with E-state index in [1.54, 1.807) is 0 Å². The van der Waals surface area contributed by atoms with Gasteiger partial charge in [0.1, 0.15) is 0 Å². The summed E-state index contributed by atoms with van der Waals surface area (Å²) >= 11 is 0. The topological polar surface area (TPSA) is 21.8 Å². The molecule has 0 amide bonds. The summed E-state index contributed by atoms with van der Waals surface area (Å²) in [6, 6.07) is 0. The zero-order chi connectivity index (χ0) is 11.0. The molecule has 0 unspecified atom stereocenters.